The summed E-state index contributed by atoms with van der Waals surface area (Å²) in [6.07, 6.45) is 3.91. The quantitative estimate of drug-likeness (QED) is 0.596. The van der Waals surface area contributed by atoms with Gasteiger partial charge in [0.2, 0.25) is 0 Å². The Morgan fingerprint density at radius 2 is 2.15 bits per heavy atom. The summed E-state index contributed by atoms with van der Waals surface area (Å²) in [5.74, 6) is -0.425. The van der Waals surface area contributed by atoms with Crippen LogP contribution in [0, 0.1) is 11.2 Å². The summed E-state index contributed by atoms with van der Waals surface area (Å²) >= 11 is 0. The normalized spacial score (nSPS) is 18.0. The zero-order chi connectivity index (χ0) is 14.8. The van der Waals surface area contributed by atoms with Gasteiger partial charge in [-0.3, -0.25) is 4.79 Å². The van der Waals surface area contributed by atoms with Gasteiger partial charge in [-0.2, -0.15) is 0 Å². The summed E-state index contributed by atoms with van der Waals surface area (Å²) in [4.78, 5) is 10.7. The number of hydrogen-bond donors (Lipinski definition) is 0. The van der Waals surface area contributed by atoms with Crippen LogP contribution in [0.3, 0.4) is 0 Å². The molecule has 1 aliphatic carbocycles. The van der Waals surface area contributed by atoms with Crippen LogP contribution >= 0.6 is 0 Å². The average Bonchev–Trinajstić information content (AvgIpc) is 2.39. The zero-order valence-corrected chi connectivity index (χ0v) is 12.3. The maximum atomic E-state index is 13.9. The maximum Gasteiger partial charge on any atom is 0.175 e. The monoisotopic (exact) mass is 276 g/mol. The first kappa shape index (κ1) is 14.8. The van der Waals surface area contributed by atoms with Crippen molar-refractivity contribution in [3.8, 4) is 5.75 Å². The molecular formula is C17H21FO2. The van der Waals surface area contributed by atoms with E-state index in [4.69, 9.17) is 4.74 Å². The van der Waals surface area contributed by atoms with E-state index in [-0.39, 0.29) is 16.7 Å². The molecule has 0 atom stereocenters. The summed E-state index contributed by atoms with van der Waals surface area (Å²) in [7, 11) is 0. The topological polar surface area (TPSA) is 26.3 Å². The number of rotatable bonds is 4. The average molecular weight is 276 g/mol. The Hall–Kier alpha value is -1.64. The van der Waals surface area contributed by atoms with Crippen molar-refractivity contribution in [2.24, 2.45) is 5.41 Å². The molecule has 0 aliphatic heterocycles. The minimum atomic E-state index is -0.575. The van der Waals surface area contributed by atoms with Crippen LogP contribution in [0.15, 0.2) is 29.3 Å². The van der Waals surface area contributed by atoms with E-state index >= 15 is 0 Å². The largest absolute Gasteiger partial charge is 0.486 e. The minimum absolute atomic E-state index is 0.0381. The second-order valence-corrected chi connectivity index (χ2v) is 6.06. The molecule has 0 aromatic heterocycles. The van der Waals surface area contributed by atoms with Crippen LogP contribution in [-0.2, 0) is 0 Å². The molecule has 1 aromatic rings. The van der Waals surface area contributed by atoms with Crippen LogP contribution in [0.1, 0.15) is 50.4 Å². The number of hydrogen-bond acceptors (Lipinski definition) is 2. The number of aldehydes is 1. The lowest BCUT2D eigenvalue weighted by Gasteiger charge is -2.34. The molecule has 0 saturated carbocycles. The van der Waals surface area contributed by atoms with E-state index in [2.05, 4.69) is 20.8 Å². The van der Waals surface area contributed by atoms with E-state index < -0.39 is 5.82 Å². The molecule has 0 amide bonds. The van der Waals surface area contributed by atoms with Crippen molar-refractivity contribution in [2.45, 2.75) is 40.0 Å². The van der Waals surface area contributed by atoms with Crippen molar-refractivity contribution in [1.82, 2.24) is 0 Å². The van der Waals surface area contributed by atoms with E-state index in [1.807, 2.05) is 0 Å². The van der Waals surface area contributed by atoms with Gasteiger partial charge in [-0.15, -0.1) is 0 Å². The van der Waals surface area contributed by atoms with Crippen molar-refractivity contribution in [2.75, 3.05) is 6.61 Å². The first-order chi connectivity index (χ1) is 9.45. The number of carbonyl (C=O) groups is 1. The van der Waals surface area contributed by atoms with Gasteiger partial charge < -0.3 is 4.74 Å². The Bertz CT molecular complexity index is 544. The highest BCUT2D eigenvalue weighted by atomic mass is 19.1. The summed E-state index contributed by atoms with van der Waals surface area (Å²) < 4.78 is 19.6. The number of ether oxygens (including phenoxy) is 1. The van der Waals surface area contributed by atoms with E-state index in [1.54, 1.807) is 12.1 Å². The SMILES string of the molecule is CC1=C(COc2cccc(C=O)c2F)C(C)(C)CCC1. The molecule has 0 bridgehead atoms. The predicted molar refractivity (Wildman–Crippen MR) is 77.6 cm³/mol. The third kappa shape index (κ3) is 2.92. The van der Waals surface area contributed by atoms with Gasteiger partial charge in [0.25, 0.3) is 0 Å². The molecular weight excluding hydrogens is 255 g/mol. The maximum absolute atomic E-state index is 13.9. The molecule has 2 rings (SSSR count). The van der Waals surface area contributed by atoms with Crippen LogP contribution in [0.5, 0.6) is 5.75 Å². The highest BCUT2D eigenvalue weighted by Crippen LogP contribution is 2.40. The Labute approximate surface area is 119 Å². The fourth-order valence-electron chi connectivity index (χ4n) is 2.87. The fraction of sp³-hybridized carbons (Fsp3) is 0.471. The van der Waals surface area contributed by atoms with Crippen LogP contribution < -0.4 is 4.74 Å². The van der Waals surface area contributed by atoms with Crippen molar-refractivity contribution in [3.63, 3.8) is 0 Å². The Kier molecular flexibility index (Phi) is 4.26. The lowest BCUT2D eigenvalue weighted by molar-refractivity contribution is 0.111. The molecule has 108 valence electrons. The lowest BCUT2D eigenvalue weighted by Crippen LogP contribution is -2.24. The zero-order valence-electron chi connectivity index (χ0n) is 12.3. The molecule has 2 nitrogen and oxygen atoms in total. The molecule has 0 fully saturated rings. The van der Waals surface area contributed by atoms with Gasteiger partial charge in [-0.1, -0.05) is 25.5 Å². The van der Waals surface area contributed by atoms with E-state index in [0.29, 0.717) is 12.9 Å². The summed E-state index contributed by atoms with van der Waals surface area (Å²) in [6, 6.07) is 4.65. The van der Waals surface area contributed by atoms with Crippen LogP contribution in [0.2, 0.25) is 0 Å². The number of carbonyl (C=O) groups excluding carboxylic acids is 1. The van der Waals surface area contributed by atoms with Gasteiger partial charge >= 0.3 is 0 Å². The van der Waals surface area contributed by atoms with Gasteiger partial charge in [0, 0.05) is 0 Å². The highest BCUT2D eigenvalue weighted by molar-refractivity contribution is 5.76. The van der Waals surface area contributed by atoms with E-state index in [9.17, 15) is 9.18 Å². The molecule has 0 radical (unpaired) electrons. The fourth-order valence-corrected chi connectivity index (χ4v) is 2.87. The molecule has 3 heteroatoms. The number of halogens is 1. The van der Waals surface area contributed by atoms with Gasteiger partial charge in [0.15, 0.2) is 17.9 Å². The summed E-state index contributed by atoms with van der Waals surface area (Å²) in [6.45, 7) is 6.91. The molecule has 20 heavy (non-hydrogen) atoms. The molecule has 1 aromatic carbocycles. The van der Waals surface area contributed by atoms with Crippen LogP contribution in [0.4, 0.5) is 4.39 Å². The van der Waals surface area contributed by atoms with Crippen molar-refractivity contribution < 1.29 is 13.9 Å². The number of benzene rings is 1. The van der Waals surface area contributed by atoms with E-state index in [1.165, 1.54) is 23.6 Å². The first-order valence-electron chi connectivity index (χ1n) is 7.01. The molecule has 0 spiro atoms. The highest BCUT2D eigenvalue weighted by Gasteiger charge is 2.28. The molecule has 0 N–H and O–H groups in total. The van der Waals surface area contributed by atoms with Crippen molar-refractivity contribution in [3.05, 3.63) is 40.7 Å². The minimum Gasteiger partial charge on any atom is -0.486 e. The first-order valence-corrected chi connectivity index (χ1v) is 7.01. The van der Waals surface area contributed by atoms with Crippen molar-refractivity contribution in [1.29, 1.82) is 0 Å². The van der Waals surface area contributed by atoms with Gasteiger partial charge in [-0.25, -0.2) is 4.39 Å². The van der Waals surface area contributed by atoms with E-state index in [0.717, 1.165) is 12.8 Å². The Morgan fingerprint density at radius 3 is 2.80 bits per heavy atom. The molecule has 0 unspecified atom stereocenters. The second kappa shape index (κ2) is 5.78. The predicted octanol–water partition coefficient (Wildman–Crippen LogP) is 4.54. The van der Waals surface area contributed by atoms with Crippen LogP contribution in [-0.4, -0.2) is 12.9 Å². The summed E-state index contributed by atoms with van der Waals surface area (Å²) in [5.41, 5.74) is 2.73. The summed E-state index contributed by atoms with van der Waals surface area (Å²) in [5, 5.41) is 0. The van der Waals surface area contributed by atoms with Crippen LogP contribution in [0.25, 0.3) is 0 Å². The lowest BCUT2D eigenvalue weighted by atomic mass is 9.73. The van der Waals surface area contributed by atoms with Crippen molar-refractivity contribution >= 4 is 6.29 Å². The van der Waals surface area contributed by atoms with Gasteiger partial charge in [-0.05, 0) is 49.3 Å². The standard InChI is InChI=1S/C17H21FO2/c1-12-6-5-9-17(2,3)14(12)11-20-15-8-4-7-13(10-19)16(15)18/h4,7-8,10H,5-6,9,11H2,1-3H3. The molecule has 0 heterocycles. The second-order valence-electron chi connectivity index (χ2n) is 6.06. The number of allylic oxidation sites excluding steroid dienone is 1. The Morgan fingerprint density at radius 1 is 1.40 bits per heavy atom. The molecule has 1 aliphatic rings. The Balaban J connectivity index is 2.18. The smallest absolute Gasteiger partial charge is 0.175 e. The third-order valence-corrected chi connectivity index (χ3v) is 4.18. The van der Waals surface area contributed by atoms with Gasteiger partial charge in [0.1, 0.15) is 6.61 Å². The molecule has 0 saturated heterocycles. The third-order valence-electron chi connectivity index (χ3n) is 4.18. The van der Waals surface area contributed by atoms with Gasteiger partial charge in [0.05, 0.1) is 5.56 Å².